The van der Waals surface area contributed by atoms with E-state index in [2.05, 4.69) is 5.32 Å². The van der Waals surface area contributed by atoms with Gasteiger partial charge in [-0.2, -0.15) is 0 Å². The first kappa shape index (κ1) is 20.0. The Morgan fingerprint density at radius 2 is 1.69 bits per heavy atom. The predicted molar refractivity (Wildman–Crippen MR) is 98.6 cm³/mol. The molecule has 0 aromatic heterocycles. The maximum Gasteiger partial charge on any atom is 0.334 e. The Balaban J connectivity index is 1.78. The smallest absolute Gasteiger partial charge is 0.334 e. The molecular weight excluding hydrogens is 354 g/mol. The van der Waals surface area contributed by atoms with Crippen molar-refractivity contribution in [3.05, 3.63) is 29.8 Å². The van der Waals surface area contributed by atoms with Gasteiger partial charge in [0.05, 0.1) is 0 Å². The zero-order valence-corrected chi connectivity index (χ0v) is 16.0. The minimum Gasteiger partial charge on any atom is -0.354 e. The molecule has 1 fully saturated rings. The third kappa shape index (κ3) is 5.08. The van der Waals surface area contributed by atoms with Gasteiger partial charge in [-0.3, -0.25) is 19.3 Å². The Labute approximate surface area is 157 Å². The van der Waals surface area contributed by atoms with Crippen LogP contribution in [-0.2, 0) is 14.4 Å². The molecule has 8 heteroatoms. The molecule has 0 bridgehead atoms. The number of benzene rings is 1. The highest BCUT2D eigenvalue weighted by Crippen LogP contribution is 2.17. The van der Waals surface area contributed by atoms with Gasteiger partial charge in [0.2, 0.25) is 5.91 Å². The van der Waals surface area contributed by atoms with E-state index >= 15 is 0 Å². The minimum atomic E-state index is -0.945. The number of nitrogens with zero attached hydrogens (tertiary/aromatic N) is 2. The molecule has 0 radical (unpaired) electrons. The molecule has 1 aliphatic heterocycles. The third-order valence-corrected chi connectivity index (χ3v) is 4.71. The van der Waals surface area contributed by atoms with E-state index in [1.54, 1.807) is 11.8 Å². The van der Waals surface area contributed by atoms with Crippen molar-refractivity contribution in [1.82, 2.24) is 15.1 Å². The molecule has 1 aromatic carbocycles. The van der Waals surface area contributed by atoms with E-state index in [9.17, 15) is 19.2 Å². The summed E-state index contributed by atoms with van der Waals surface area (Å²) in [5.41, 5.74) is 1.18. The number of hydrogen-bond donors (Lipinski definition) is 1. The third-order valence-electron chi connectivity index (χ3n) is 3.70. The largest absolute Gasteiger partial charge is 0.354 e. The highest BCUT2D eigenvalue weighted by atomic mass is 32.2. The first-order valence-electron chi connectivity index (χ1n) is 8.43. The molecule has 1 heterocycles. The van der Waals surface area contributed by atoms with Gasteiger partial charge >= 0.3 is 17.8 Å². The number of imide groups is 2. The number of thioether (sulfide) groups is 1. The molecular formula is C18H23N3O4S. The van der Waals surface area contributed by atoms with E-state index in [4.69, 9.17) is 0 Å². The average molecular weight is 377 g/mol. The van der Waals surface area contributed by atoms with Crippen LogP contribution in [0.5, 0.6) is 0 Å². The fourth-order valence-electron chi connectivity index (χ4n) is 2.41. The quantitative estimate of drug-likeness (QED) is 0.322. The number of carbonyl (C=O) groups excluding carboxylic acids is 4. The first-order valence-corrected chi connectivity index (χ1v) is 9.41. The van der Waals surface area contributed by atoms with Crippen LogP contribution in [-0.4, -0.2) is 58.9 Å². The van der Waals surface area contributed by atoms with E-state index in [1.807, 2.05) is 45.0 Å². The van der Waals surface area contributed by atoms with Gasteiger partial charge in [-0.25, -0.2) is 9.69 Å². The molecule has 0 aliphatic carbocycles. The summed E-state index contributed by atoms with van der Waals surface area (Å²) in [5, 5.41) is 2.67. The van der Waals surface area contributed by atoms with Gasteiger partial charge in [0.25, 0.3) is 0 Å². The van der Waals surface area contributed by atoms with Crippen molar-refractivity contribution in [1.29, 1.82) is 0 Å². The maximum atomic E-state index is 12.2. The zero-order chi connectivity index (χ0) is 19.3. The number of hydrogen-bond acceptors (Lipinski definition) is 5. The summed E-state index contributed by atoms with van der Waals surface area (Å²) in [6.45, 7) is 5.82. The molecule has 26 heavy (non-hydrogen) atoms. The first-order chi connectivity index (χ1) is 12.3. The number of carbonyl (C=O) groups is 4. The van der Waals surface area contributed by atoms with E-state index in [0.717, 1.165) is 9.80 Å². The van der Waals surface area contributed by atoms with Crippen molar-refractivity contribution in [2.75, 3.05) is 25.4 Å². The van der Waals surface area contributed by atoms with Crippen LogP contribution in [0.15, 0.2) is 29.2 Å². The van der Waals surface area contributed by atoms with Crippen LogP contribution in [0.3, 0.4) is 0 Å². The fraction of sp³-hybridized carbons (Fsp3) is 0.444. The van der Waals surface area contributed by atoms with Gasteiger partial charge in [0.15, 0.2) is 0 Å². The molecule has 0 saturated carbocycles. The summed E-state index contributed by atoms with van der Waals surface area (Å²) < 4.78 is 0. The number of amides is 5. The topological polar surface area (TPSA) is 86.8 Å². The molecule has 1 aliphatic rings. The van der Waals surface area contributed by atoms with Crippen molar-refractivity contribution in [2.45, 2.75) is 25.7 Å². The van der Waals surface area contributed by atoms with E-state index < -0.39 is 30.3 Å². The molecule has 1 saturated heterocycles. The lowest BCUT2D eigenvalue weighted by atomic mass is 10.2. The van der Waals surface area contributed by atoms with E-state index in [1.165, 1.54) is 5.56 Å². The van der Waals surface area contributed by atoms with Crippen molar-refractivity contribution < 1.29 is 19.2 Å². The van der Waals surface area contributed by atoms with Crippen molar-refractivity contribution in [3.8, 4) is 0 Å². The van der Waals surface area contributed by atoms with Crippen LogP contribution in [0.25, 0.3) is 0 Å². The Hall–Kier alpha value is -2.35. The van der Waals surface area contributed by atoms with E-state index in [0.29, 0.717) is 17.2 Å². The zero-order valence-electron chi connectivity index (χ0n) is 15.2. The van der Waals surface area contributed by atoms with Gasteiger partial charge in [-0.05, 0) is 25.0 Å². The second-order valence-electron chi connectivity index (χ2n) is 6.49. The van der Waals surface area contributed by atoms with E-state index in [-0.39, 0.29) is 12.5 Å². The second kappa shape index (κ2) is 8.84. The van der Waals surface area contributed by atoms with Gasteiger partial charge < -0.3 is 5.32 Å². The van der Waals surface area contributed by atoms with Gasteiger partial charge in [-0.1, -0.05) is 31.5 Å². The summed E-state index contributed by atoms with van der Waals surface area (Å²) >= 11 is 1.60. The number of urea groups is 1. The SMILES string of the molecule is Cc1ccc(SCCNC(=O)CN2C(=O)C(=O)N(CC(C)C)C2=O)cc1. The summed E-state index contributed by atoms with van der Waals surface area (Å²) in [6.07, 6.45) is 0. The van der Waals surface area contributed by atoms with Gasteiger partial charge in [-0.15, -0.1) is 11.8 Å². The molecule has 140 valence electrons. The molecule has 0 unspecified atom stereocenters. The van der Waals surface area contributed by atoms with Crippen LogP contribution in [0.2, 0.25) is 0 Å². The monoisotopic (exact) mass is 377 g/mol. The Morgan fingerprint density at radius 3 is 2.31 bits per heavy atom. The lowest BCUT2D eigenvalue weighted by molar-refractivity contribution is -0.144. The molecule has 7 nitrogen and oxygen atoms in total. The number of aryl methyl sites for hydroxylation is 1. The van der Waals surface area contributed by atoms with Gasteiger partial charge in [0, 0.05) is 23.7 Å². The normalized spacial score (nSPS) is 14.5. The van der Waals surface area contributed by atoms with Crippen LogP contribution in [0.4, 0.5) is 4.79 Å². The minimum absolute atomic E-state index is 0.0447. The fourth-order valence-corrected chi connectivity index (χ4v) is 3.18. The highest BCUT2D eigenvalue weighted by Gasteiger charge is 2.45. The predicted octanol–water partition coefficient (Wildman–Crippen LogP) is 1.65. The highest BCUT2D eigenvalue weighted by molar-refractivity contribution is 7.99. The summed E-state index contributed by atoms with van der Waals surface area (Å²) in [7, 11) is 0. The maximum absolute atomic E-state index is 12.2. The summed E-state index contributed by atoms with van der Waals surface area (Å²) in [6, 6.07) is 7.34. The van der Waals surface area contributed by atoms with Crippen LogP contribution in [0.1, 0.15) is 19.4 Å². The van der Waals surface area contributed by atoms with Crippen molar-refractivity contribution >= 4 is 35.5 Å². The lowest BCUT2D eigenvalue weighted by Crippen LogP contribution is -2.42. The van der Waals surface area contributed by atoms with Gasteiger partial charge in [0.1, 0.15) is 6.54 Å². The lowest BCUT2D eigenvalue weighted by Gasteiger charge is -2.16. The molecule has 0 atom stereocenters. The number of nitrogens with one attached hydrogen (secondary N) is 1. The molecule has 0 spiro atoms. The number of rotatable bonds is 8. The summed E-state index contributed by atoms with van der Waals surface area (Å²) in [5.74, 6) is -1.57. The Bertz CT molecular complexity index is 703. The Kier molecular flexibility index (Phi) is 6.79. The van der Waals surface area contributed by atoms with Crippen molar-refractivity contribution in [3.63, 3.8) is 0 Å². The Morgan fingerprint density at radius 1 is 1.08 bits per heavy atom. The van der Waals surface area contributed by atoms with Crippen LogP contribution in [0, 0.1) is 12.8 Å². The van der Waals surface area contributed by atoms with Crippen LogP contribution < -0.4 is 5.32 Å². The summed E-state index contributed by atoms with van der Waals surface area (Å²) in [4.78, 5) is 50.6. The standard InChI is InChI=1S/C18H23N3O4S/c1-12(2)10-20-16(23)17(24)21(18(20)25)11-15(22)19-8-9-26-14-6-4-13(3)5-7-14/h4-7,12H,8-11H2,1-3H3,(H,19,22). The second-order valence-corrected chi connectivity index (χ2v) is 7.66. The van der Waals surface area contributed by atoms with Crippen LogP contribution >= 0.6 is 11.8 Å². The molecule has 2 rings (SSSR count). The molecule has 1 N–H and O–H groups in total. The molecule has 1 aromatic rings. The van der Waals surface area contributed by atoms with Crippen molar-refractivity contribution in [2.24, 2.45) is 5.92 Å². The molecule has 5 amide bonds. The average Bonchev–Trinajstić information content (AvgIpc) is 2.78.